The molecule has 334 valence electrons. The Morgan fingerprint density at radius 3 is 1.58 bits per heavy atom. The molecule has 0 bridgehead atoms. The number of halogens is 1. The molecule has 3 rings (SSSR count). The molecule has 0 fully saturated rings. The highest BCUT2D eigenvalue weighted by molar-refractivity contribution is 6.31. The molecule has 0 aliphatic heterocycles. The van der Waals surface area contributed by atoms with E-state index in [0.29, 0.717) is 19.5 Å². The summed E-state index contributed by atoms with van der Waals surface area (Å²) in [5, 5.41) is 101. The molecule has 8 unspecified atom stereocenters. The first-order valence-electron chi connectivity index (χ1n) is 19.8. The molecule has 0 saturated heterocycles. The third kappa shape index (κ3) is 16.1. The molecular formula is C40H61ClN8O11. The molecule has 1 heterocycles. The Labute approximate surface area is 353 Å². The van der Waals surface area contributed by atoms with E-state index in [1.165, 1.54) is 16.0 Å². The number of benzene rings is 2. The highest BCUT2D eigenvalue weighted by atomic mass is 35.5. The van der Waals surface area contributed by atoms with Gasteiger partial charge in [-0.2, -0.15) is 0 Å². The van der Waals surface area contributed by atoms with Gasteiger partial charge in [-0.15, -0.1) is 0 Å². The molecule has 8 atom stereocenters. The lowest BCUT2D eigenvalue weighted by atomic mass is 9.99. The second kappa shape index (κ2) is 25.6. The number of unbranched alkanes of at least 4 members (excludes halogenated alkanes) is 4. The summed E-state index contributed by atoms with van der Waals surface area (Å²) in [7, 11) is 0. The minimum absolute atomic E-state index is 0.0766. The number of nitrogen functional groups attached to an aromatic ring is 2. The van der Waals surface area contributed by atoms with Crippen LogP contribution >= 0.6 is 11.6 Å². The Morgan fingerprint density at radius 1 is 0.650 bits per heavy atom. The predicted molar refractivity (Wildman–Crippen MR) is 225 cm³/mol. The number of aliphatic hydroxyl groups excluding tert-OH is 10. The molecule has 0 aliphatic carbocycles. The SMILES string of the molecule is NC(=NCCCCc1ccc(-c2ccc(CCCCCCN(CC(O)C(O)C(O)C(O)CO)CC(O)C(O)C(O)C(O)CO)cc2)cc1)NC(=O)c1nc(Cl)c(N)nc1N. The highest BCUT2D eigenvalue weighted by Crippen LogP contribution is 2.22. The molecule has 0 spiro atoms. The summed E-state index contributed by atoms with van der Waals surface area (Å²) in [6.45, 7) is -1.56. The summed E-state index contributed by atoms with van der Waals surface area (Å²) in [5.41, 5.74) is 21.4. The van der Waals surface area contributed by atoms with Crippen molar-refractivity contribution >= 4 is 35.1 Å². The van der Waals surface area contributed by atoms with E-state index < -0.39 is 68.0 Å². The maximum atomic E-state index is 12.4. The van der Waals surface area contributed by atoms with Gasteiger partial charge in [-0.1, -0.05) is 73.0 Å². The van der Waals surface area contributed by atoms with E-state index in [0.717, 1.165) is 56.1 Å². The van der Waals surface area contributed by atoms with Gasteiger partial charge >= 0.3 is 0 Å². The van der Waals surface area contributed by atoms with Crippen LogP contribution in [-0.2, 0) is 12.8 Å². The highest BCUT2D eigenvalue weighted by Gasteiger charge is 2.34. The normalized spacial score (nSPS) is 16.2. The maximum absolute atomic E-state index is 12.4. The third-order valence-corrected chi connectivity index (χ3v) is 10.3. The average molecular weight is 865 g/mol. The topological polar surface area (TPSA) is 351 Å². The van der Waals surface area contributed by atoms with Crippen molar-refractivity contribution in [3.05, 3.63) is 70.5 Å². The molecule has 2 aromatic carbocycles. The molecule has 20 heteroatoms. The molecule has 0 radical (unpaired) electrons. The number of aromatic nitrogens is 2. The molecule has 1 amide bonds. The standard InChI is InChI=1S/C40H61ClN8O11/c41-36-38(43)47-37(42)31(46-36)39(60)48-40(44)45-17-5-4-8-24-11-15-26(16-12-24)25-13-9-23(10-14-25)7-3-1-2-6-18-49(19-27(52)32(56)34(58)29(54)21-50)20-28(53)33(57)35(59)30(55)22-51/h9-16,27-30,32-35,50-59H,1-8,17-22H2,(H4,42,43,47)(H3,44,45,48,60). The van der Waals surface area contributed by atoms with Gasteiger partial charge in [-0.25, -0.2) is 9.97 Å². The number of guanidine groups is 1. The molecule has 60 heavy (non-hydrogen) atoms. The Morgan fingerprint density at radius 2 is 1.10 bits per heavy atom. The number of aliphatic hydroxyl groups is 10. The monoisotopic (exact) mass is 864 g/mol. The van der Waals surface area contributed by atoms with E-state index in [1.807, 2.05) is 0 Å². The quantitative estimate of drug-likeness (QED) is 0.0243. The number of aliphatic imine (C=N–C) groups is 1. The summed E-state index contributed by atoms with van der Waals surface area (Å²) < 4.78 is 0. The number of nitrogens with two attached hydrogens (primary N) is 3. The molecular weight excluding hydrogens is 804 g/mol. The smallest absolute Gasteiger partial charge is 0.280 e. The van der Waals surface area contributed by atoms with Crippen molar-refractivity contribution in [3.63, 3.8) is 0 Å². The molecule has 0 aliphatic rings. The fourth-order valence-corrected chi connectivity index (χ4v) is 6.47. The van der Waals surface area contributed by atoms with Gasteiger partial charge in [0.15, 0.2) is 28.4 Å². The number of carbonyl (C=O) groups is 1. The van der Waals surface area contributed by atoms with Gasteiger partial charge in [0.2, 0.25) is 0 Å². The van der Waals surface area contributed by atoms with E-state index in [-0.39, 0.29) is 41.5 Å². The lowest BCUT2D eigenvalue weighted by molar-refractivity contribution is -0.130. The van der Waals surface area contributed by atoms with Crippen LogP contribution in [0, 0.1) is 0 Å². The van der Waals surface area contributed by atoms with Crippen LogP contribution in [0.15, 0.2) is 53.5 Å². The lowest BCUT2D eigenvalue weighted by Gasteiger charge is -2.33. The van der Waals surface area contributed by atoms with Crippen LogP contribution in [0.2, 0.25) is 5.15 Å². The zero-order valence-electron chi connectivity index (χ0n) is 33.4. The van der Waals surface area contributed by atoms with Crippen molar-refractivity contribution in [2.24, 2.45) is 10.7 Å². The van der Waals surface area contributed by atoms with Gasteiger partial charge in [-0.3, -0.25) is 20.0 Å². The zero-order chi connectivity index (χ0) is 44.4. The second-order valence-corrected chi connectivity index (χ2v) is 15.1. The number of rotatable bonds is 26. The van der Waals surface area contributed by atoms with Crippen molar-refractivity contribution < 1.29 is 55.9 Å². The van der Waals surface area contributed by atoms with Crippen LogP contribution in [0.3, 0.4) is 0 Å². The number of aryl methyl sites for hydroxylation is 2. The van der Waals surface area contributed by atoms with Crippen LogP contribution in [0.4, 0.5) is 11.6 Å². The van der Waals surface area contributed by atoms with Gasteiger partial charge in [0.05, 0.1) is 25.4 Å². The summed E-state index contributed by atoms with van der Waals surface area (Å²) in [4.78, 5) is 25.7. The second-order valence-electron chi connectivity index (χ2n) is 14.7. The minimum Gasteiger partial charge on any atom is -0.394 e. The van der Waals surface area contributed by atoms with Gasteiger partial charge in [-0.05, 0) is 67.3 Å². The summed E-state index contributed by atoms with van der Waals surface area (Å²) >= 11 is 5.83. The number of nitrogens with one attached hydrogen (secondary N) is 1. The zero-order valence-corrected chi connectivity index (χ0v) is 34.2. The van der Waals surface area contributed by atoms with Crippen LogP contribution < -0.4 is 22.5 Å². The van der Waals surface area contributed by atoms with Gasteiger partial charge in [0, 0.05) is 19.6 Å². The molecule has 1 aromatic heterocycles. The maximum Gasteiger partial charge on any atom is 0.280 e. The lowest BCUT2D eigenvalue weighted by Crippen LogP contribution is -2.53. The van der Waals surface area contributed by atoms with Crippen LogP contribution in [0.25, 0.3) is 11.1 Å². The molecule has 3 aromatic rings. The van der Waals surface area contributed by atoms with Crippen molar-refractivity contribution in [2.75, 3.05) is 50.9 Å². The van der Waals surface area contributed by atoms with E-state index in [2.05, 4.69) is 68.8 Å². The van der Waals surface area contributed by atoms with Gasteiger partial charge < -0.3 is 68.3 Å². The third-order valence-electron chi connectivity index (χ3n) is 9.99. The number of anilines is 2. The number of nitrogens with zero attached hydrogens (tertiary/aromatic N) is 4. The molecule has 17 N–H and O–H groups in total. The Bertz CT molecular complexity index is 1730. The Hall–Kier alpha value is -4.09. The van der Waals surface area contributed by atoms with Crippen LogP contribution in [0.5, 0.6) is 0 Å². The van der Waals surface area contributed by atoms with Crippen LogP contribution in [0.1, 0.15) is 60.1 Å². The average Bonchev–Trinajstić information content (AvgIpc) is 3.24. The molecule has 0 saturated carbocycles. The predicted octanol–water partition coefficient (Wildman–Crippen LogP) is -1.69. The van der Waals surface area contributed by atoms with E-state index in [9.17, 15) is 45.6 Å². The fraction of sp³-hybridized carbons (Fsp3) is 0.550. The Balaban J connectivity index is 1.41. The summed E-state index contributed by atoms with van der Waals surface area (Å²) in [6, 6.07) is 16.7. The van der Waals surface area contributed by atoms with Crippen molar-refractivity contribution in [1.82, 2.24) is 20.2 Å². The number of hydrogen-bond donors (Lipinski definition) is 14. The first-order chi connectivity index (χ1) is 28.6. The number of amides is 1. The van der Waals surface area contributed by atoms with E-state index >= 15 is 0 Å². The fourth-order valence-electron chi connectivity index (χ4n) is 6.34. The van der Waals surface area contributed by atoms with E-state index in [1.54, 1.807) is 0 Å². The number of hydrogen-bond acceptors (Lipinski definition) is 17. The summed E-state index contributed by atoms with van der Waals surface area (Å²) in [6.07, 6.45) is -7.52. The minimum atomic E-state index is -1.84. The van der Waals surface area contributed by atoms with Gasteiger partial charge in [0.25, 0.3) is 5.91 Å². The Kier molecular flexibility index (Phi) is 21.5. The van der Waals surface area contributed by atoms with Crippen LogP contribution in [-0.4, -0.2) is 166 Å². The first-order valence-corrected chi connectivity index (χ1v) is 20.2. The summed E-state index contributed by atoms with van der Waals surface area (Å²) in [5.74, 6) is -1.03. The van der Waals surface area contributed by atoms with Crippen molar-refractivity contribution in [3.8, 4) is 11.1 Å². The number of carbonyl (C=O) groups excluding carboxylic acids is 1. The van der Waals surface area contributed by atoms with Gasteiger partial charge in [0.1, 0.15) is 36.6 Å². The van der Waals surface area contributed by atoms with Crippen molar-refractivity contribution in [1.29, 1.82) is 0 Å². The first kappa shape index (κ1) is 50.3. The van der Waals surface area contributed by atoms with E-state index in [4.69, 9.17) is 39.0 Å². The molecule has 19 nitrogen and oxygen atoms in total. The van der Waals surface area contributed by atoms with Crippen molar-refractivity contribution in [2.45, 2.75) is 100 Å². The largest absolute Gasteiger partial charge is 0.394 e.